The van der Waals surface area contributed by atoms with Gasteiger partial charge < -0.3 is 14.9 Å². The van der Waals surface area contributed by atoms with Gasteiger partial charge in [0, 0.05) is 21.7 Å². The number of benzene rings is 1. The summed E-state index contributed by atoms with van der Waals surface area (Å²) < 4.78 is 6.09. The van der Waals surface area contributed by atoms with Crippen molar-refractivity contribution in [2.24, 2.45) is 39.5 Å². The molecule has 4 nitrogen and oxygen atoms in total. The van der Waals surface area contributed by atoms with Crippen LogP contribution in [0.5, 0.6) is 11.5 Å². The van der Waals surface area contributed by atoms with Crippen LogP contribution in [-0.4, -0.2) is 35.7 Å². The molecule has 1 aromatic carbocycles. The van der Waals surface area contributed by atoms with Gasteiger partial charge in [0.05, 0.1) is 19.3 Å². The molecule has 7 atom stereocenters. The van der Waals surface area contributed by atoms with Gasteiger partial charge in [0.1, 0.15) is 0 Å². The summed E-state index contributed by atoms with van der Waals surface area (Å²) in [6, 6.07) is 3.57. The predicted molar refractivity (Wildman–Crippen MR) is 136 cm³/mol. The van der Waals surface area contributed by atoms with Gasteiger partial charge in [-0.2, -0.15) is 0 Å². The fourth-order valence-electron chi connectivity index (χ4n) is 8.81. The number of fused-ring (bicyclic) bond motifs is 5. The molecule has 33 heavy (non-hydrogen) atoms. The highest BCUT2D eigenvalue weighted by atomic mass is 79.9. The molecule has 0 bridgehead atoms. The van der Waals surface area contributed by atoms with Crippen LogP contribution in [0.25, 0.3) is 0 Å². The Labute approximate surface area is 207 Å². The molecule has 0 saturated heterocycles. The van der Waals surface area contributed by atoms with Crippen molar-refractivity contribution in [2.45, 2.75) is 83.7 Å². The number of nitrogens with zero attached hydrogens (tertiary/aromatic N) is 1. The molecule has 0 heterocycles. The van der Waals surface area contributed by atoms with E-state index in [9.17, 15) is 10.2 Å². The van der Waals surface area contributed by atoms with Crippen LogP contribution in [0, 0.1) is 34.5 Å². The fourth-order valence-corrected chi connectivity index (χ4v) is 9.26. The second-order valence-electron chi connectivity index (χ2n) is 11.9. The quantitative estimate of drug-likeness (QED) is 0.434. The maximum atomic E-state index is 11.9. The summed E-state index contributed by atoms with van der Waals surface area (Å²) in [7, 11) is 1.54. The van der Waals surface area contributed by atoms with Gasteiger partial charge in [0.25, 0.3) is 0 Å². The number of aromatic hydroxyl groups is 1. The molecular weight excluding hydrogens is 478 g/mol. The summed E-state index contributed by atoms with van der Waals surface area (Å²) >= 11 is 3.47. The number of aliphatic hydroxyl groups is 1. The second kappa shape index (κ2) is 8.55. The molecule has 2 N–H and O–H groups in total. The summed E-state index contributed by atoms with van der Waals surface area (Å²) in [5.74, 6) is 3.64. The molecule has 0 unspecified atom stereocenters. The number of phenols is 1. The number of hydrogen-bond donors (Lipinski definition) is 2. The van der Waals surface area contributed by atoms with Crippen molar-refractivity contribution in [3.63, 3.8) is 0 Å². The van der Waals surface area contributed by atoms with Crippen LogP contribution >= 0.6 is 15.9 Å². The average molecular weight is 519 g/mol. The molecule has 0 aliphatic heterocycles. The first-order valence-corrected chi connectivity index (χ1v) is 13.8. The van der Waals surface area contributed by atoms with E-state index in [1.807, 2.05) is 6.07 Å². The Kier molecular flexibility index (Phi) is 6.13. The van der Waals surface area contributed by atoms with Crippen molar-refractivity contribution in [1.29, 1.82) is 0 Å². The van der Waals surface area contributed by atoms with Gasteiger partial charge in [-0.25, -0.2) is 0 Å². The van der Waals surface area contributed by atoms with Crippen molar-refractivity contribution < 1.29 is 14.9 Å². The van der Waals surface area contributed by atoms with Gasteiger partial charge in [-0.15, -0.1) is 0 Å². The Hall–Kier alpha value is -1.07. The van der Waals surface area contributed by atoms with Crippen LogP contribution < -0.4 is 4.74 Å². The van der Waals surface area contributed by atoms with Gasteiger partial charge in [-0.05, 0) is 92.6 Å². The largest absolute Gasteiger partial charge is 0.504 e. The Morgan fingerprint density at radius 1 is 1.06 bits per heavy atom. The first-order valence-electron chi connectivity index (χ1n) is 13.0. The topological polar surface area (TPSA) is 62.0 Å². The number of halogens is 1. The molecule has 4 aliphatic carbocycles. The monoisotopic (exact) mass is 517 g/mol. The third kappa shape index (κ3) is 3.67. The summed E-state index contributed by atoms with van der Waals surface area (Å²) in [4.78, 5) is 4.68. The van der Waals surface area contributed by atoms with Gasteiger partial charge in [-0.3, -0.25) is 4.99 Å². The second-order valence-corrected chi connectivity index (χ2v) is 12.9. The Morgan fingerprint density at radius 2 is 1.85 bits per heavy atom. The molecule has 5 rings (SSSR count). The number of ether oxygens (including phenoxy) is 1. The Morgan fingerprint density at radius 3 is 2.64 bits per heavy atom. The highest BCUT2D eigenvalue weighted by molar-refractivity contribution is 9.10. The highest BCUT2D eigenvalue weighted by Gasteiger charge is 2.64. The normalized spacial score (nSPS) is 42.6. The van der Waals surface area contributed by atoms with Gasteiger partial charge in [0.15, 0.2) is 11.5 Å². The lowest BCUT2D eigenvalue weighted by Crippen LogP contribution is -2.56. The maximum absolute atomic E-state index is 11.9. The van der Waals surface area contributed by atoms with Crippen molar-refractivity contribution in [2.75, 3.05) is 13.7 Å². The van der Waals surface area contributed by atoms with Crippen molar-refractivity contribution >= 4 is 22.1 Å². The molecule has 0 radical (unpaired) electrons. The van der Waals surface area contributed by atoms with Crippen molar-refractivity contribution in [3.8, 4) is 11.5 Å². The van der Waals surface area contributed by atoms with E-state index < -0.39 is 5.60 Å². The van der Waals surface area contributed by atoms with Gasteiger partial charge in [0.2, 0.25) is 0 Å². The van der Waals surface area contributed by atoms with Crippen molar-refractivity contribution in [1.82, 2.24) is 0 Å². The average Bonchev–Trinajstić information content (AvgIpc) is 3.06. The Bertz CT molecular complexity index is 934. The number of aliphatic imine (C=N–C) groups is 1. The number of phenolic OH excluding ortho intramolecular Hbond substituents is 1. The van der Waals surface area contributed by atoms with Crippen LogP contribution in [0.2, 0.25) is 0 Å². The van der Waals surface area contributed by atoms with E-state index in [4.69, 9.17) is 4.74 Å². The first-order chi connectivity index (χ1) is 15.7. The number of methoxy groups -OCH3 is 1. The van der Waals surface area contributed by atoms with Crippen LogP contribution in [0.3, 0.4) is 0 Å². The fraction of sp³-hybridized carbons (Fsp3) is 0.750. The summed E-state index contributed by atoms with van der Waals surface area (Å²) in [5, 5.41) is 22.4. The third-order valence-electron chi connectivity index (χ3n) is 10.8. The predicted octanol–water partition coefficient (Wildman–Crippen LogP) is 6.75. The van der Waals surface area contributed by atoms with E-state index >= 15 is 0 Å². The minimum absolute atomic E-state index is 0.0691. The minimum Gasteiger partial charge on any atom is -0.504 e. The molecular formula is C28H40BrNO3. The number of rotatable bonds is 4. The van der Waals surface area contributed by atoms with E-state index in [0.29, 0.717) is 29.2 Å². The van der Waals surface area contributed by atoms with Gasteiger partial charge in [-0.1, -0.05) is 42.6 Å². The SMILES string of the molecule is COc1cc(Br)cc(C=NC[C@]2(O)CC[C@H]3[C@@H]4CC[C@@H]5CCCC[C@]5(C)[C@H]4CC[C@@]32C)c1O. The third-order valence-corrected chi connectivity index (χ3v) is 11.2. The molecule has 1 aromatic rings. The molecule has 4 fully saturated rings. The lowest BCUT2D eigenvalue weighted by atomic mass is 9.44. The van der Waals surface area contributed by atoms with Crippen LogP contribution in [0.1, 0.15) is 83.6 Å². The molecule has 0 spiro atoms. The summed E-state index contributed by atoms with van der Waals surface area (Å²) in [6.45, 7) is 5.36. The molecule has 4 aliphatic rings. The first kappa shape index (κ1) is 23.7. The van der Waals surface area contributed by atoms with Crippen molar-refractivity contribution in [3.05, 3.63) is 22.2 Å². The van der Waals surface area contributed by atoms with E-state index in [0.717, 1.165) is 41.5 Å². The lowest BCUT2D eigenvalue weighted by molar-refractivity contribution is -0.147. The van der Waals surface area contributed by atoms with Crippen LogP contribution in [-0.2, 0) is 0 Å². The zero-order valence-corrected chi connectivity index (χ0v) is 22.0. The Balaban J connectivity index is 1.35. The molecule has 4 saturated carbocycles. The zero-order valence-electron chi connectivity index (χ0n) is 20.4. The molecule has 0 amide bonds. The van der Waals surface area contributed by atoms with Crippen LogP contribution in [0.4, 0.5) is 0 Å². The summed E-state index contributed by atoms with van der Waals surface area (Å²) in [5.41, 5.74) is 0.297. The highest BCUT2D eigenvalue weighted by Crippen LogP contribution is 2.68. The minimum atomic E-state index is -0.769. The lowest BCUT2D eigenvalue weighted by Gasteiger charge is -2.61. The van der Waals surface area contributed by atoms with Gasteiger partial charge >= 0.3 is 0 Å². The molecule has 5 heteroatoms. The van der Waals surface area contributed by atoms with E-state index in [-0.39, 0.29) is 11.2 Å². The van der Waals surface area contributed by atoms with E-state index in [1.165, 1.54) is 44.9 Å². The summed E-state index contributed by atoms with van der Waals surface area (Å²) in [6.07, 6.45) is 14.5. The molecule has 0 aromatic heterocycles. The van der Waals surface area contributed by atoms with Crippen LogP contribution in [0.15, 0.2) is 21.6 Å². The maximum Gasteiger partial charge on any atom is 0.166 e. The molecule has 182 valence electrons. The zero-order chi connectivity index (χ0) is 23.4. The smallest absolute Gasteiger partial charge is 0.166 e. The standard InChI is InChI=1S/C28H40BrNO3/c1-26-11-5-4-6-19(26)7-8-21-22(26)9-12-27(2)23(21)10-13-28(27,32)17-30-16-18-14-20(29)15-24(33-3)25(18)31/h14-16,19,21-23,31-32H,4-13,17H2,1-3H3/t19-,21+,22-,23-,26-,27-,28+/m0/s1. The number of hydrogen-bond acceptors (Lipinski definition) is 4. The van der Waals surface area contributed by atoms with E-state index in [1.54, 1.807) is 19.4 Å². The van der Waals surface area contributed by atoms with E-state index in [2.05, 4.69) is 34.8 Å².